The van der Waals surface area contributed by atoms with Crippen LogP contribution in [-0.2, 0) is 4.79 Å². The first-order valence-corrected chi connectivity index (χ1v) is 18.4. The SMILES string of the molecule is C#Cc1c(F)ccc2cccc(-c3ncc4c(N5CCN(C(=O)/C=C/c6cc(C)nc(C)n6)CC5)nc(OC)nc4c3F)c12.CC#N.FC1CC2CCCN2C1. The average molecular weight is 762 g/mol. The summed E-state index contributed by atoms with van der Waals surface area (Å²) in [5.41, 5.74) is 1.86. The van der Waals surface area contributed by atoms with E-state index in [9.17, 15) is 13.6 Å². The first-order valence-electron chi connectivity index (χ1n) is 18.4. The topological polar surface area (TPSA) is 124 Å². The Morgan fingerprint density at radius 1 is 1.05 bits per heavy atom. The number of nitriles is 1. The zero-order valence-electron chi connectivity index (χ0n) is 31.8. The first-order chi connectivity index (χ1) is 27.0. The molecule has 0 spiro atoms. The maximum absolute atomic E-state index is 16.3. The molecule has 5 aromatic rings. The van der Waals surface area contributed by atoms with Crippen LogP contribution in [0.25, 0.3) is 39.0 Å². The van der Waals surface area contributed by atoms with Crippen molar-refractivity contribution in [1.82, 2.24) is 34.7 Å². The molecule has 2 atom stereocenters. The predicted octanol–water partition coefficient (Wildman–Crippen LogP) is 6.60. The van der Waals surface area contributed by atoms with Gasteiger partial charge in [-0.3, -0.25) is 14.7 Å². The highest BCUT2D eigenvalue weighted by Crippen LogP contribution is 2.37. The van der Waals surface area contributed by atoms with Gasteiger partial charge in [0.1, 0.15) is 34.8 Å². The van der Waals surface area contributed by atoms with Gasteiger partial charge in [0.15, 0.2) is 5.82 Å². The molecule has 2 unspecified atom stereocenters. The molecule has 3 saturated heterocycles. The number of anilines is 1. The summed E-state index contributed by atoms with van der Waals surface area (Å²) in [6.45, 7) is 8.69. The number of benzene rings is 2. The highest BCUT2D eigenvalue weighted by Gasteiger charge is 2.34. The molecule has 0 N–H and O–H groups in total. The smallest absolute Gasteiger partial charge is 0.318 e. The van der Waals surface area contributed by atoms with Gasteiger partial charge in [0.2, 0.25) is 5.91 Å². The number of pyridine rings is 1. The quantitative estimate of drug-likeness (QED) is 0.143. The molecule has 3 fully saturated rings. The van der Waals surface area contributed by atoms with Gasteiger partial charge in [0, 0.05) is 74.6 Å². The summed E-state index contributed by atoms with van der Waals surface area (Å²) in [6.07, 6.45) is 13.1. The Bertz CT molecular complexity index is 2330. The summed E-state index contributed by atoms with van der Waals surface area (Å²) in [5.74, 6) is 2.04. The molecule has 14 heteroatoms. The average Bonchev–Trinajstić information content (AvgIpc) is 3.78. The number of carbonyl (C=O) groups excluding carboxylic acids is 1. The Hall–Kier alpha value is -6.12. The molecule has 3 aliphatic heterocycles. The van der Waals surface area contributed by atoms with Crippen molar-refractivity contribution >= 4 is 39.5 Å². The number of nitrogens with zero attached hydrogens (tertiary/aromatic N) is 9. The number of ether oxygens (including phenoxy) is 1. The lowest BCUT2D eigenvalue weighted by Gasteiger charge is -2.35. The van der Waals surface area contributed by atoms with E-state index in [1.54, 1.807) is 48.2 Å². The molecule has 0 aliphatic carbocycles. The largest absolute Gasteiger partial charge is 0.467 e. The molecule has 0 radical (unpaired) electrons. The van der Waals surface area contributed by atoms with E-state index < -0.39 is 17.8 Å². The fraction of sp³-hybridized carbons (Fsp3) is 0.357. The molecular formula is C42H42F3N9O2. The van der Waals surface area contributed by atoms with Crippen molar-refractivity contribution in [3.8, 4) is 35.7 Å². The molecule has 0 saturated carbocycles. The third-order valence-corrected chi connectivity index (χ3v) is 9.95. The molecule has 56 heavy (non-hydrogen) atoms. The summed E-state index contributed by atoms with van der Waals surface area (Å²) in [5, 5.41) is 8.75. The summed E-state index contributed by atoms with van der Waals surface area (Å²) < 4.78 is 48.8. The van der Waals surface area contributed by atoms with Gasteiger partial charge in [-0.15, -0.1) is 6.42 Å². The van der Waals surface area contributed by atoms with Gasteiger partial charge < -0.3 is 14.5 Å². The number of amides is 1. The second kappa shape index (κ2) is 17.6. The fourth-order valence-electron chi connectivity index (χ4n) is 7.49. The monoisotopic (exact) mass is 761 g/mol. The predicted molar refractivity (Wildman–Crippen MR) is 209 cm³/mol. The first kappa shape index (κ1) is 39.6. The molecule has 1 amide bonds. The minimum atomic E-state index is -0.710. The van der Waals surface area contributed by atoms with Crippen LogP contribution in [-0.4, -0.2) is 99.2 Å². The van der Waals surface area contributed by atoms with Gasteiger partial charge in [-0.2, -0.15) is 15.2 Å². The molecule has 3 aliphatic rings. The van der Waals surface area contributed by atoms with Crippen LogP contribution in [0.3, 0.4) is 0 Å². The van der Waals surface area contributed by atoms with Crippen molar-refractivity contribution in [1.29, 1.82) is 5.26 Å². The third-order valence-electron chi connectivity index (χ3n) is 9.95. The Morgan fingerprint density at radius 2 is 1.82 bits per heavy atom. The maximum Gasteiger partial charge on any atom is 0.318 e. The van der Waals surface area contributed by atoms with E-state index in [-0.39, 0.29) is 28.7 Å². The van der Waals surface area contributed by atoms with Crippen LogP contribution in [0.2, 0.25) is 0 Å². The number of aryl methyl sites for hydroxylation is 2. The second-order valence-corrected chi connectivity index (χ2v) is 13.7. The molecule has 6 heterocycles. The Labute approximate surface area is 323 Å². The van der Waals surface area contributed by atoms with Crippen molar-refractivity contribution in [2.45, 2.75) is 52.2 Å². The van der Waals surface area contributed by atoms with Crippen molar-refractivity contribution in [3.05, 3.63) is 83.1 Å². The molecular weight excluding hydrogens is 720 g/mol. The Balaban J connectivity index is 0.000000378. The molecule has 8 rings (SSSR count). The van der Waals surface area contributed by atoms with Gasteiger partial charge in [0.25, 0.3) is 0 Å². The lowest BCUT2D eigenvalue weighted by Crippen LogP contribution is -2.48. The molecule has 0 bridgehead atoms. The number of hydrogen-bond acceptors (Lipinski definition) is 10. The van der Waals surface area contributed by atoms with Crippen molar-refractivity contribution in [2.24, 2.45) is 0 Å². The van der Waals surface area contributed by atoms with Gasteiger partial charge in [-0.1, -0.05) is 30.2 Å². The van der Waals surface area contributed by atoms with E-state index in [0.717, 1.165) is 18.7 Å². The normalized spacial score (nSPS) is 17.8. The number of aromatic nitrogens is 5. The van der Waals surface area contributed by atoms with Gasteiger partial charge >= 0.3 is 6.01 Å². The van der Waals surface area contributed by atoms with E-state index in [1.165, 1.54) is 45.2 Å². The van der Waals surface area contributed by atoms with Crippen molar-refractivity contribution < 1.29 is 22.7 Å². The Kier molecular flexibility index (Phi) is 12.4. The molecule has 3 aromatic heterocycles. The number of alkyl halides is 1. The number of rotatable bonds is 5. The van der Waals surface area contributed by atoms with E-state index >= 15 is 4.39 Å². The highest BCUT2D eigenvalue weighted by atomic mass is 19.1. The number of halogens is 3. The van der Waals surface area contributed by atoms with E-state index in [2.05, 4.69) is 35.7 Å². The zero-order chi connectivity index (χ0) is 39.9. The molecule has 2 aromatic carbocycles. The lowest BCUT2D eigenvalue weighted by atomic mass is 9.96. The van der Waals surface area contributed by atoms with Crippen LogP contribution in [0, 0.1) is 49.2 Å². The number of carbonyl (C=O) groups is 1. The lowest BCUT2D eigenvalue weighted by molar-refractivity contribution is -0.126. The number of piperazine rings is 1. The van der Waals surface area contributed by atoms with E-state index in [1.807, 2.05) is 17.9 Å². The van der Waals surface area contributed by atoms with Crippen LogP contribution in [0.1, 0.15) is 49.0 Å². The number of fused-ring (bicyclic) bond motifs is 3. The summed E-state index contributed by atoms with van der Waals surface area (Å²) in [7, 11) is 1.40. The number of methoxy groups -OCH3 is 1. The van der Waals surface area contributed by atoms with E-state index in [0.29, 0.717) is 77.8 Å². The van der Waals surface area contributed by atoms with Crippen molar-refractivity contribution in [2.75, 3.05) is 51.3 Å². The minimum absolute atomic E-state index is 0.00407. The summed E-state index contributed by atoms with van der Waals surface area (Å²) in [6, 6.07) is 12.2. The minimum Gasteiger partial charge on any atom is -0.467 e. The van der Waals surface area contributed by atoms with E-state index in [4.69, 9.17) is 16.4 Å². The second-order valence-electron chi connectivity index (χ2n) is 13.7. The maximum atomic E-state index is 16.3. The van der Waals surface area contributed by atoms with Crippen LogP contribution >= 0.6 is 0 Å². The molecule has 288 valence electrons. The van der Waals surface area contributed by atoms with Gasteiger partial charge in [-0.05, 0) is 63.2 Å². The van der Waals surface area contributed by atoms with Gasteiger partial charge in [0.05, 0.1) is 29.8 Å². The highest BCUT2D eigenvalue weighted by molar-refractivity contribution is 6.02. The Morgan fingerprint density at radius 3 is 2.52 bits per heavy atom. The molecule has 11 nitrogen and oxygen atoms in total. The third kappa shape index (κ3) is 8.56. The van der Waals surface area contributed by atoms with Crippen molar-refractivity contribution in [3.63, 3.8) is 0 Å². The summed E-state index contributed by atoms with van der Waals surface area (Å²) >= 11 is 0. The van der Waals surface area contributed by atoms with Crippen LogP contribution in [0.15, 0.2) is 48.7 Å². The van der Waals surface area contributed by atoms with Crippen LogP contribution < -0.4 is 9.64 Å². The van der Waals surface area contributed by atoms with Crippen LogP contribution in [0.4, 0.5) is 19.0 Å². The standard InChI is InChI=1S/C33H27F2N7O2.C7H12FN.C2H3N/c1-5-23-26(34)11-9-21-7-6-8-24(28(21)23)30-29(35)31-25(18-36-30)32(40-33(39-31)44-4)42-15-13-41(14-16-42)27(43)12-10-22-17-19(2)37-20(3)38-22;8-6-4-7-2-1-3-9(7)5-6;1-2-3/h1,6-12,17-18H,13-16H2,2-4H3;6-7H,1-5H2;1H3/b12-10+;;. The summed E-state index contributed by atoms with van der Waals surface area (Å²) in [4.78, 5) is 40.7. The number of hydrogen-bond donors (Lipinski definition) is 0. The van der Waals surface area contributed by atoms with Gasteiger partial charge in [-0.25, -0.2) is 23.1 Å². The fourth-order valence-corrected chi connectivity index (χ4v) is 7.49. The van der Waals surface area contributed by atoms with Crippen LogP contribution in [0.5, 0.6) is 6.01 Å². The zero-order valence-corrected chi connectivity index (χ0v) is 31.8. The number of terminal acetylenes is 1.